The highest BCUT2D eigenvalue weighted by Crippen LogP contribution is 2.22. The van der Waals surface area contributed by atoms with E-state index in [0.717, 1.165) is 21.2 Å². The van der Waals surface area contributed by atoms with Crippen molar-refractivity contribution < 1.29 is 13.2 Å². The number of hydrogen-bond acceptors (Lipinski definition) is 3. The van der Waals surface area contributed by atoms with Gasteiger partial charge in [0.2, 0.25) is 15.9 Å². The molecule has 1 atom stereocenters. The van der Waals surface area contributed by atoms with Gasteiger partial charge in [-0.1, -0.05) is 69.5 Å². The Morgan fingerprint density at radius 1 is 1.00 bits per heavy atom. The molecule has 0 spiro atoms. The average molecular weight is 536 g/mol. The molecule has 0 aliphatic heterocycles. The van der Waals surface area contributed by atoms with Crippen LogP contribution in [0.3, 0.4) is 0 Å². The number of carbonyl (C=O) groups is 1. The summed E-state index contributed by atoms with van der Waals surface area (Å²) in [5.74, 6) is -0.389. The van der Waals surface area contributed by atoms with E-state index in [1.807, 2.05) is 50.2 Å². The quantitative estimate of drug-likeness (QED) is 0.415. The number of amides is 1. The minimum Gasteiger partial charge on any atom is -0.348 e. The monoisotopic (exact) mass is 534 g/mol. The molecular formula is C24H24BrClN2O3S. The highest BCUT2D eigenvalue weighted by molar-refractivity contribution is 9.10. The van der Waals surface area contributed by atoms with E-state index in [0.29, 0.717) is 5.02 Å². The molecule has 0 aromatic heterocycles. The van der Waals surface area contributed by atoms with Crippen LogP contribution in [0, 0.1) is 6.92 Å². The van der Waals surface area contributed by atoms with E-state index in [-0.39, 0.29) is 29.9 Å². The highest BCUT2D eigenvalue weighted by atomic mass is 79.9. The van der Waals surface area contributed by atoms with E-state index in [1.165, 1.54) is 16.4 Å². The Balaban J connectivity index is 1.82. The molecule has 168 valence electrons. The lowest BCUT2D eigenvalue weighted by Gasteiger charge is -2.23. The number of carbonyl (C=O) groups excluding carboxylic acids is 1. The first-order valence-electron chi connectivity index (χ1n) is 10.0. The number of nitrogens with one attached hydrogen (secondary N) is 1. The van der Waals surface area contributed by atoms with Crippen LogP contribution in [0.15, 0.2) is 82.2 Å². The fraction of sp³-hybridized carbons (Fsp3) is 0.208. The summed E-state index contributed by atoms with van der Waals surface area (Å²) in [7, 11) is -3.89. The number of benzene rings is 3. The Morgan fingerprint density at radius 3 is 2.19 bits per heavy atom. The number of halogens is 2. The first-order chi connectivity index (χ1) is 15.1. The van der Waals surface area contributed by atoms with Crippen molar-refractivity contribution in [1.82, 2.24) is 9.62 Å². The normalized spacial score (nSPS) is 12.5. The summed E-state index contributed by atoms with van der Waals surface area (Å²) in [5.41, 5.74) is 2.75. The van der Waals surface area contributed by atoms with Crippen LogP contribution in [0.4, 0.5) is 0 Å². The SMILES string of the molecule is Cc1ccc(CN(CC(=O)N[C@H](C)c2ccc(Cl)cc2)S(=O)(=O)c2ccc(Br)cc2)cc1. The topological polar surface area (TPSA) is 66.5 Å². The summed E-state index contributed by atoms with van der Waals surface area (Å²) in [4.78, 5) is 13.0. The van der Waals surface area contributed by atoms with E-state index in [1.54, 1.807) is 24.3 Å². The Hall–Kier alpha value is -2.19. The van der Waals surface area contributed by atoms with Crippen LogP contribution < -0.4 is 5.32 Å². The number of aryl methyl sites for hydroxylation is 1. The fourth-order valence-electron chi connectivity index (χ4n) is 3.16. The van der Waals surface area contributed by atoms with Gasteiger partial charge in [0.1, 0.15) is 0 Å². The standard InChI is InChI=1S/C24H24BrClN2O3S/c1-17-3-5-19(6-4-17)15-28(32(30,31)23-13-9-21(25)10-14-23)16-24(29)27-18(2)20-7-11-22(26)12-8-20/h3-14,18H,15-16H2,1-2H3,(H,27,29)/t18-/m1/s1. The molecule has 0 saturated heterocycles. The number of nitrogens with zero attached hydrogens (tertiary/aromatic N) is 1. The molecule has 0 saturated carbocycles. The van der Waals surface area contributed by atoms with Crippen molar-refractivity contribution in [2.24, 2.45) is 0 Å². The number of rotatable bonds is 8. The zero-order chi connectivity index (χ0) is 23.3. The molecule has 1 N–H and O–H groups in total. The lowest BCUT2D eigenvalue weighted by atomic mass is 10.1. The Bertz CT molecular complexity index is 1170. The largest absolute Gasteiger partial charge is 0.348 e. The van der Waals surface area contributed by atoms with Crippen LogP contribution in [-0.4, -0.2) is 25.2 Å². The maximum atomic E-state index is 13.4. The van der Waals surface area contributed by atoms with Gasteiger partial charge in [0.15, 0.2) is 0 Å². The predicted octanol–water partition coefficient (Wildman–Crippen LogP) is 5.48. The second-order valence-electron chi connectivity index (χ2n) is 7.55. The third-order valence-electron chi connectivity index (χ3n) is 5.00. The lowest BCUT2D eigenvalue weighted by Crippen LogP contribution is -2.41. The van der Waals surface area contributed by atoms with Crippen molar-refractivity contribution in [3.05, 3.63) is 99.0 Å². The predicted molar refractivity (Wildman–Crippen MR) is 131 cm³/mol. The van der Waals surface area contributed by atoms with Gasteiger partial charge in [-0.25, -0.2) is 8.42 Å². The summed E-state index contributed by atoms with van der Waals surface area (Å²) in [5, 5.41) is 3.49. The van der Waals surface area contributed by atoms with Crippen molar-refractivity contribution in [3.8, 4) is 0 Å². The molecule has 32 heavy (non-hydrogen) atoms. The average Bonchev–Trinajstić information content (AvgIpc) is 2.75. The second-order valence-corrected chi connectivity index (χ2v) is 10.8. The lowest BCUT2D eigenvalue weighted by molar-refractivity contribution is -0.122. The molecule has 3 rings (SSSR count). The zero-order valence-corrected chi connectivity index (χ0v) is 20.9. The van der Waals surface area contributed by atoms with Gasteiger partial charge in [-0.15, -0.1) is 0 Å². The van der Waals surface area contributed by atoms with Gasteiger partial charge in [0.25, 0.3) is 0 Å². The van der Waals surface area contributed by atoms with Crippen molar-refractivity contribution in [2.45, 2.75) is 31.3 Å². The summed E-state index contributed by atoms with van der Waals surface area (Å²) >= 11 is 9.26. The molecule has 0 unspecified atom stereocenters. The van der Waals surface area contributed by atoms with E-state index >= 15 is 0 Å². The molecule has 0 aliphatic rings. The number of sulfonamides is 1. The molecule has 0 fully saturated rings. The van der Waals surface area contributed by atoms with Crippen LogP contribution in [0.25, 0.3) is 0 Å². The van der Waals surface area contributed by atoms with Gasteiger partial charge >= 0.3 is 0 Å². The van der Waals surface area contributed by atoms with E-state index in [9.17, 15) is 13.2 Å². The van der Waals surface area contributed by atoms with Gasteiger partial charge in [-0.05, 0) is 61.4 Å². The Labute approximate surface area is 202 Å². The maximum absolute atomic E-state index is 13.4. The minimum atomic E-state index is -3.89. The van der Waals surface area contributed by atoms with Crippen LogP contribution >= 0.6 is 27.5 Å². The van der Waals surface area contributed by atoms with Crippen LogP contribution in [0.1, 0.15) is 29.7 Å². The third kappa shape index (κ3) is 6.42. The number of hydrogen-bond donors (Lipinski definition) is 1. The third-order valence-corrected chi connectivity index (χ3v) is 7.58. The van der Waals surface area contributed by atoms with Gasteiger partial charge in [-0.3, -0.25) is 4.79 Å². The Morgan fingerprint density at radius 2 is 1.59 bits per heavy atom. The summed E-state index contributed by atoms with van der Waals surface area (Å²) in [6.07, 6.45) is 0. The van der Waals surface area contributed by atoms with E-state index in [4.69, 9.17) is 11.6 Å². The fourth-order valence-corrected chi connectivity index (χ4v) is 4.94. The van der Waals surface area contributed by atoms with Crippen LogP contribution in [-0.2, 0) is 21.4 Å². The van der Waals surface area contributed by atoms with Gasteiger partial charge in [0, 0.05) is 16.0 Å². The van der Waals surface area contributed by atoms with Crippen molar-refractivity contribution in [1.29, 1.82) is 0 Å². The molecule has 8 heteroatoms. The van der Waals surface area contributed by atoms with Crippen molar-refractivity contribution in [2.75, 3.05) is 6.54 Å². The highest BCUT2D eigenvalue weighted by Gasteiger charge is 2.27. The molecule has 5 nitrogen and oxygen atoms in total. The van der Waals surface area contributed by atoms with Gasteiger partial charge in [-0.2, -0.15) is 4.31 Å². The molecule has 3 aromatic rings. The molecule has 0 heterocycles. The molecular weight excluding hydrogens is 512 g/mol. The smallest absolute Gasteiger partial charge is 0.243 e. The van der Waals surface area contributed by atoms with Crippen molar-refractivity contribution >= 4 is 43.5 Å². The summed E-state index contributed by atoms with van der Waals surface area (Å²) in [6, 6.07) is 20.8. The Kier molecular flexibility index (Phi) is 8.11. The van der Waals surface area contributed by atoms with Crippen LogP contribution in [0.5, 0.6) is 0 Å². The first-order valence-corrected chi connectivity index (χ1v) is 12.6. The minimum absolute atomic E-state index is 0.0847. The van der Waals surface area contributed by atoms with Gasteiger partial charge in [0.05, 0.1) is 17.5 Å². The molecule has 0 bridgehead atoms. The molecule has 3 aromatic carbocycles. The summed E-state index contributed by atoms with van der Waals surface area (Å²) < 4.78 is 28.7. The first kappa shape index (κ1) is 24.5. The second kappa shape index (κ2) is 10.6. The van der Waals surface area contributed by atoms with E-state index in [2.05, 4.69) is 21.2 Å². The van der Waals surface area contributed by atoms with Gasteiger partial charge < -0.3 is 5.32 Å². The van der Waals surface area contributed by atoms with E-state index < -0.39 is 10.0 Å². The molecule has 0 aliphatic carbocycles. The molecule has 0 radical (unpaired) electrons. The molecule has 1 amide bonds. The van der Waals surface area contributed by atoms with Crippen LogP contribution in [0.2, 0.25) is 5.02 Å². The summed E-state index contributed by atoms with van der Waals surface area (Å²) in [6.45, 7) is 3.59. The maximum Gasteiger partial charge on any atom is 0.243 e. The zero-order valence-electron chi connectivity index (χ0n) is 17.8. The van der Waals surface area contributed by atoms with Crippen molar-refractivity contribution in [3.63, 3.8) is 0 Å².